The van der Waals surface area contributed by atoms with Crippen molar-refractivity contribution in [2.45, 2.75) is 237 Å². The molecule has 0 N–H and O–H groups in total. The second-order valence-corrected chi connectivity index (χ2v) is 28.1. The van der Waals surface area contributed by atoms with Crippen LogP contribution < -0.4 is 9.80 Å². The summed E-state index contributed by atoms with van der Waals surface area (Å²) in [4.78, 5) is 5.21. The van der Waals surface area contributed by atoms with Crippen molar-refractivity contribution < 1.29 is 0 Å². The summed E-state index contributed by atoms with van der Waals surface area (Å²) in [7, 11) is 0. The molecule has 480 valence electrons. The van der Waals surface area contributed by atoms with E-state index in [1.807, 2.05) is 0 Å². The van der Waals surface area contributed by atoms with Gasteiger partial charge in [-0.1, -0.05) is 262 Å². The Morgan fingerprint density at radius 2 is 0.717 bits per heavy atom. The molecule has 0 saturated carbocycles. The van der Waals surface area contributed by atoms with E-state index in [1.54, 1.807) is 0 Å². The summed E-state index contributed by atoms with van der Waals surface area (Å²) in [5.74, 6) is 0. The summed E-state index contributed by atoms with van der Waals surface area (Å²) in [5.41, 5.74) is 35.2. The number of rotatable bonds is 31. The Kier molecular flexibility index (Phi) is 23.1. The van der Waals surface area contributed by atoms with Crippen molar-refractivity contribution in [3.05, 3.63) is 247 Å². The SMILES string of the molecule is CCCCCCCCC1(c2cc(C)cc(CCCCCC)c2)c2cc(N(c3ccc(-c4cc(CCCCCC)ccc4C)cc3)c3c(C)cc(C)cc3C)ccc2-c2ccc(N(c3ccc(-c4cc(C)ccc4CCCCCC)cc3)c3c(C)cc(C)cc3C)cc21. The van der Waals surface area contributed by atoms with Crippen molar-refractivity contribution in [2.75, 3.05) is 9.80 Å². The summed E-state index contributed by atoms with van der Waals surface area (Å²) >= 11 is 0. The molecule has 0 aromatic heterocycles. The number of unbranched alkanes of at least 4 members (excludes halogenated alkanes) is 14. The predicted octanol–water partition coefficient (Wildman–Crippen LogP) is 27.2. The molecule has 0 heterocycles. The monoisotopic (exact) mass is 1220 g/mol. The zero-order valence-electron chi connectivity index (χ0n) is 59.0. The van der Waals surface area contributed by atoms with Crippen molar-refractivity contribution in [1.29, 1.82) is 0 Å². The van der Waals surface area contributed by atoms with Crippen molar-refractivity contribution >= 4 is 34.1 Å². The van der Waals surface area contributed by atoms with Crippen LogP contribution in [0, 0.1) is 62.3 Å². The molecule has 0 radical (unpaired) electrons. The van der Waals surface area contributed by atoms with Crippen molar-refractivity contribution in [2.24, 2.45) is 0 Å². The van der Waals surface area contributed by atoms with Gasteiger partial charge >= 0.3 is 0 Å². The Balaban J connectivity index is 1.18. The molecule has 1 aliphatic rings. The highest BCUT2D eigenvalue weighted by Gasteiger charge is 2.46. The molecule has 1 unspecified atom stereocenters. The summed E-state index contributed by atoms with van der Waals surface area (Å²) in [6.07, 6.45) is 26.9. The highest BCUT2D eigenvalue weighted by atomic mass is 15.2. The van der Waals surface area contributed by atoms with Gasteiger partial charge in [-0.2, -0.15) is 0 Å². The van der Waals surface area contributed by atoms with Crippen molar-refractivity contribution in [3.63, 3.8) is 0 Å². The molecular formula is C90H110N2. The average Bonchev–Trinajstić information content (AvgIpc) is 1.53. The standard InChI is InChI=1S/C90H110N2/c1-14-18-22-26-27-31-51-90(77-57-66(8)56-73(59-77)33-29-24-20-16-3)86-61-80(91(88-68(10)52-64(6)53-69(88)11)78-43-39-75(40-44-78)84-60-72(37-36-67(84)9)32-28-23-19-15-2)47-49-82(86)83-50-48-81(62-87(83)90)92(89-70(12)54-65(7)55-71(89)13)79-45-41-76(42-46-79)85-58-63(5)35-38-74(85)34-30-25-21-17-4/h35-50,52-62H,14-34,51H2,1-13H3. The topological polar surface area (TPSA) is 6.48 Å². The maximum Gasteiger partial charge on any atom is 0.0520 e. The first-order chi connectivity index (χ1) is 44.6. The van der Waals surface area contributed by atoms with E-state index < -0.39 is 5.41 Å². The fourth-order valence-electron chi connectivity index (χ4n) is 15.8. The third-order valence-electron chi connectivity index (χ3n) is 20.4. The minimum atomic E-state index is -0.441. The van der Waals surface area contributed by atoms with E-state index in [2.05, 4.69) is 264 Å². The molecule has 2 heteroatoms. The van der Waals surface area contributed by atoms with Gasteiger partial charge in [-0.05, 0) is 250 Å². The van der Waals surface area contributed by atoms with E-state index in [4.69, 9.17) is 0 Å². The number of benzene rings is 9. The minimum Gasteiger partial charge on any atom is -0.310 e. The molecule has 0 fully saturated rings. The van der Waals surface area contributed by atoms with Gasteiger partial charge in [0.25, 0.3) is 0 Å². The van der Waals surface area contributed by atoms with Gasteiger partial charge in [0.15, 0.2) is 0 Å². The van der Waals surface area contributed by atoms with Crippen molar-refractivity contribution in [1.82, 2.24) is 0 Å². The van der Waals surface area contributed by atoms with E-state index in [0.29, 0.717) is 0 Å². The molecule has 9 aromatic carbocycles. The largest absolute Gasteiger partial charge is 0.310 e. The summed E-state index contributed by atoms with van der Waals surface area (Å²) in [6, 6.07) is 66.0. The Labute approximate surface area is 558 Å². The molecule has 10 rings (SSSR count). The lowest BCUT2D eigenvalue weighted by atomic mass is 9.68. The summed E-state index contributed by atoms with van der Waals surface area (Å²) in [5, 5.41) is 0. The molecule has 1 atom stereocenters. The van der Waals surface area contributed by atoms with Gasteiger partial charge < -0.3 is 9.80 Å². The van der Waals surface area contributed by atoms with Crippen LogP contribution in [-0.4, -0.2) is 0 Å². The van der Waals surface area contributed by atoms with Gasteiger partial charge in [0.2, 0.25) is 0 Å². The first-order valence-corrected chi connectivity index (χ1v) is 36.2. The van der Waals surface area contributed by atoms with Gasteiger partial charge in [-0.3, -0.25) is 0 Å². The van der Waals surface area contributed by atoms with Crippen LogP contribution in [0.1, 0.15) is 233 Å². The predicted molar refractivity (Wildman–Crippen MR) is 403 cm³/mol. The van der Waals surface area contributed by atoms with Crippen LogP contribution >= 0.6 is 0 Å². The van der Waals surface area contributed by atoms with E-state index in [0.717, 1.165) is 32.1 Å². The van der Waals surface area contributed by atoms with Crippen LogP contribution in [0.4, 0.5) is 34.1 Å². The van der Waals surface area contributed by atoms with E-state index >= 15 is 0 Å². The van der Waals surface area contributed by atoms with Gasteiger partial charge in [0, 0.05) is 28.2 Å². The second kappa shape index (κ2) is 31.5. The number of nitrogens with zero attached hydrogens (tertiary/aromatic N) is 2. The Bertz CT molecular complexity index is 3880. The lowest BCUT2D eigenvalue weighted by Crippen LogP contribution is -2.28. The number of anilines is 6. The van der Waals surface area contributed by atoms with E-state index in [1.165, 1.54) is 260 Å². The lowest BCUT2D eigenvalue weighted by Gasteiger charge is -2.36. The summed E-state index contributed by atoms with van der Waals surface area (Å²) in [6.45, 7) is 29.9. The number of aryl methyl sites for hydroxylation is 12. The second-order valence-electron chi connectivity index (χ2n) is 28.1. The Morgan fingerprint density at radius 3 is 1.23 bits per heavy atom. The first-order valence-electron chi connectivity index (χ1n) is 36.2. The average molecular weight is 1220 g/mol. The van der Waals surface area contributed by atoms with Crippen LogP contribution in [-0.2, 0) is 24.7 Å². The minimum absolute atomic E-state index is 0.441. The molecule has 0 spiro atoms. The molecule has 9 aromatic rings. The first kappa shape index (κ1) is 67.5. The molecule has 0 aliphatic heterocycles. The van der Waals surface area contributed by atoms with Crippen LogP contribution in [0.25, 0.3) is 33.4 Å². The maximum atomic E-state index is 2.66. The fourth-order valence-corrected chi connectivity index (χ4v) is 15.8. The van der Waals surface area contributed by atoms with Crippen molar-refractivity contribution in [3.8, 4) is 33.4 Å². The Hall–Kier alpha value is -7.42. The molecule has 0 saturated heterocycles. The number of fused-ring (bicyclic) bond motifs is 3. The molecule has 92 heavy (non-hydrogen) atoms. The zero-order valence-corrected chi connectivity index (χ0v) is 59.0. The lowest BCUT2D eigenvalue weighted by molar-refractivity contribution is 0.506. The smallest absolute Gasteiger partial charge is 0.0520 e. The van der Waals surface area contributed by atoms with Gasteiger partial charge in [0.1, 0.15) is 0 Å². The molecular weight excluding hydrogens is 1110 g/mol. The number of hydrogen-bond acceptors (Lipinski definition) is 2. The molecule has 0 amide bonds. The summed E-state index contributed by atoms with van der Waals surface area (Å²) < 4.78 is 0. The van der Waals surface area contributed by atoms with E-state index in [9.17, 15) is 0 Å². The molecule has 0 bridgehead atoms. The molecule has 1 aliphatic carbocycles. The Morgan fingerprint density at radius 1 is 0.283 bits per heavy atom. The highest BCUT2D eigenvalue weighted by Crippen LogP contribution is 2.59. The fraction of sp³-hybridized carbons (Fsp3) is 0.400. The zero-order chi connectivity index (χ0) is 64.9. The normalized spacial score (nSPS) is 13.4. The van der Waals surface area contributed by atoms with Gasteiger partial charge in [-0.25, -0.2) is 0 Å². The highest BCUT2D eigenvalue weighted by molar-refractivity contribution is 5.92. The third kappa shape index (κ3) is 15.3. The van der Waals surface area contributed by atoms with E-state index in [-0.39, 0.29) is 0 Å². The quantitative estimate of drug-likeness (QED) is 0.0400. The molecule has 2 nitrogen and oxygen atoms in total. The van der Waals surface area contributed by atoms with Crippen LogP contribution in [0.15, 0.2) is 164 Å². The van der Waals surface area contributed by atoms with Gasteiger partial charge in [-0.15, -0.1) is 0 Å². The van der Waals surface area contributed by atoms with Crippen LogP contribution in [0.2, 0.25) is 0 Å². The van der Waals surface area contributed by atoms with Crippen LogP contribution in [0.3, 0.4) is 0 Å². The van der Waals surface area contributed by atoms with Crippen LogP contribution in [0.5, 0.6) is 0 Å². The maximum absolute atomic E-state index is 2.66. The van der Waals surface area contributed by atoms with Gasteiger partial charge in [0.05, 0.1) is 11.4 Å². The number of hydrogen-bond donors (Lipinski definition) is 0. The third-order valence-corrected chi connectivity index (χ3v) is 20.4.